The molecule has 1 fully saturated rings. The number of aromatic nitrogens is 1. The van der Waals surface area contributed by atoms with Crippen molar-refractivity contribution in [3.63, 3.8) is 0 Å². The number of furan rings is 1. The van der Waals surface area contributed by atoms with Gasteiger partial charge in [0.2, 0.25) is 22.8 Å². The van der Waals surface area contributed by atoms with Crippen LogP contribution in [0.1, 0.15) is 34.9 Å². The highest BCUT2D eigenvalue weighted by Crippen LogP contribution is 2.36. The van der Waals surface area contributed by atoms with Crippen LogP contribution < -0.4 is 21.0 Å². The fraction of sp³-hybridized carbons (Fsp3) is 0.297. The summed E-state index contributed by atoms with van der Waals surface area (Å²) in [6.07, 6.45) is 1.04. The number of carbonyl (C=O) groups excluding carboxylic acids is 2. The Bertz CT molecular complexity index is 2080. The first-order valence-electron chi connectivity index (χ1n) is 15.8. The van der Waals surface area contributed by atoms with Gasteiger partial charge in [0, 0.05) is 55.4 Å². The lowest BCUT2D eigenvalue weighted by Crippen LogP contribution is -2.55. The minimum atomic E-state index is -0.835. The number of benzene rings is 2. The summed E-state index contributed by atoms with van der Waals surface area (Å²) in [5, 5.41) is 3.02. The van der Waals surface area contributed by atoms with Gasteiger partial charge in [-0.3, -0.25) is 19.2 Å². The average Bonchev–Trinajstić information content (AvgIpc) is 3.43. The molecular formula is C37H35N3O7. The quantitative estimate of drug-likeness (QED) is 0.268. The minimum Gasteiger partial charge on any atom is -0.497 e. The highest BCUT2D eigenvalue weighted by atomic mass is 16.5. The number of carbonyl (C=O) groups is 2. The van der Waals surface area contributed by atoms with E-state index in [1.165, 1.54) is 6.07 Å². The van der Waals surface area contributed by atoms with Crippen molar-refractivity contribution in [1.29, 1.82) is 0 Å². The Morgan fingerprint density at radius 1 is 0.936 bits per heavy atom. The van der Waals surface area contributed by atoms with E-state index in [1.807, 2.05) is 45.9 Å². The molecule has 3 unspecified atom stereocenters. The predicted molar refractivity (Wildman–Crippen MR) is 175 cm³/mol. The zero-order valence-electron chi connectivity index (χ0n) is 26.2. The van der Waals surface area contributed by atoms with Crippen LogP contribution in [0.4, 0.5) is 0 Å². The molecular weight excluding hydrogens is 598 g/mol. The number of methoxy groups -OCH3 is 1. The van der Waals surface area contributed by atoms with Crippen LogP contribution in [0.15, 0.2) is 97.3 Å². The van der Waals surface area contributed by atoms with E-state index < -0.39 is 11.9 Å². The van der Waals surface area contributed by atoms with Gasteiger partial charge < -0.3 is 28.4 Å². The van der Waals surface area contributed by atoms with Crippen LogP contribution in [-0.2, 0) is 29.0 Å². The third-order valence-corrected chi connectivity index (χ3v) is 9.18. The smallest absolute Gasteiger partial charge is 0.250 e. The number of nitrogens with one attached hydrogen (secondary N) is 1. The molecule has 2 amide bonds. The number of rotatable bonds is 8. The normalized spacial score (nSPS) is 17.6. The summed E-state index contributed by atoms with van der Waals surface area (Å²) in [6.45, 7) is 3.22. The molecule has 2 aliphatic rings. The maximum absolute atomic E-state index is 14.3. The first kappa shape index (κ1) is 30.3. The molecule has 3 atom stereocenters. The molecule has 2 aliphatic heterocycles. The lowest BCUT2D eigenvalue weighted by Gasteiger charge is -2.43. The molecule has 0 radical (unpaired) electrons. The predicted octanol–water partition coefficient (Wildman–Crippen LogP) is 4.45. The van der Waals surface area contributed by atoms with Gasteiger partial charge in [-0.15, -0.1) is 0 Å². The zero-order chi connectivity index (χ0) is 32.7. The molecule has 2 bridgehead atoms. The number of likely N-dealkylation sites (tertiary alicyclic amines) is 1. The molecule has 0 saturated carbocycles. The van der Waals surface area contributed by atoms with Crippen LogP contribution in [0.25, 0.3) is 22.5 Å². The number of fused-ring (bicyclic) bond motifs is 5. The molecule has 10 heteroatoms. The van der Waals surface area contributed by atoms with E-state index in [1.54, 1.807) is 50.4 Å². The van der Waals surface area contributed by atoms with E-state index in [9.17, 15) is 19.2 Å². The minimum absolute atomic E-state index is 0.0157. The van der Waals surface area contributed by atoms with Crippen molar-refractivity contribution in [2.75, 3.05) is 20.2 Å². The van der Waals surface area contributed by atoms with Gasteiger partial charge in [-0.25, -0.2) is 0 Å². The summed E-state index contributed by atoms with van der Waals surface area (Å²) in [4.78, 5) is 55.4. The van der Waals surface area contributed by atoms with Crippen molar-refractivity contribution in [1.82, 2.24) is 14.8 Å². The Kier molecular flexibility index (Phi) is 8.01. The van der Waals surface area contributed by atoms with Gasteiger partial charge in [0.15, 0.2) is 5.58 Å². The lowest BCUT2D eigenvalue weighted by atomic mass is 9.83. The summed E-state index contributed by atoms with van der Waals surface area (Å²) in [5.41, 5.74) is 2.80. The molecule has 5 aromatic rings. The van der Waals surface area contributed by atoms with Crippen LogP contribution in [-0.4, -0.2) is 47.5 Å². The van der Waals surface area contributed by atoms with E-state index in [0.717, 1.165) is 17.7 Å². The lowest BCUT2D eigenvalue weighted by molar-refractivity contribution is -0.138. The molecule has 1 saturated heterocycles. The maximum atomic E-state index is 14.3. The maximum Gasteiger partial charge on any atom is 0.250 e. The van der Waals surface area contributed by atoms with Crippen molar-refractivity contribution in [3.8, 4) is 17.1 Å². The van der Waals surface area contributed by atoms with Gasteiger partial charge in [0.1, 0.15) is 23.3 Å². The summed E-state index contributed by atoms with van der Waals surface area (Å²) in [5.74, 6) is 0.996. The second kappa shape index (κ2) is 12.4. The summed E-state index contributed by atoms with van der Waals surface area (Å²) in [6, 6.07) is 22.5. The number of hydrogen-bond donors (Lipinski definition) is 1. The second-order valence-electron chi connectivity index (χ2n) is 12.4. The van der Waals surface area contributed by atoms with Gasteiger partial charge in [-0.05, 0) is 55.2 Å². The molecule has 2 aromatic carbocycles. The summed E-state index contributed by atoms with van der Waals surface area (Å²) in [7, 11) is 1.57. The topological polar surface area (TPSA) is 124 Å². The van der Waals surface area contributed by atoms with Crippen molar-refractivity contribution >= 4 is 23.0 Å². The zero-order valence-corrected chi connectivity index (χ0v) is 26.2. The number of hydrogen-bond acceptors (Lipinski definition) is 7. The Hall–Kier alpha value is -5.38. The third-order valence-electron chi connectivity index (χ3n) is 9.18. The largest absolute Gasteiger partial charge is 0.497 e. The van der Waals surface area contributed by atoms with E-state index in [0.29, 0.717) is 54.5 Å². The molecule has 1 N–H and O–H groups in total. The van der Waals surface area contributed by atoms with Gasteiger partial charge in [0.25, 0.3) is 5.56 Å². The third kappa shape index (κ3) is 5.98. The number of piperidine rings is 1. The molecule has 47 heavy (non-hydrogen) atoms. The number of ether oxygens (including phenoxy) is 1. The van der Waals surface area contributed by atoms with Crippen molar-refractivity contribution in [2.24, 2.45) is 5.92 Å². The van der Waals surface area contributed by atoms with Crippen LogP contribution in [0.5, 0.6) is 5.75 Å². The molecule has 3 aromatic heterocycles. The van der Waals surface area contributed by atoms with E-state index in [4.69, 9.17) is 13.6 Å². The van der Waals surface area contributed by atoms with Crippen molar-refractivity contribution in [2.45, 2.75) is 44.7 Å². The highest BCUT2D eigenvalue weighted by Gasteiger charge is 2.38. The van der Waals surface area contributed by atoms with Gasteiger partial charge >= 0.3 is 0 Å². The number of nitrogens with zero attached hydrogens (tertiary/aromatic N) is 2. The first-order valence-corrected chi connectivity index (χ1v) is 15.8. The Morgan fingerprint density at radius 2 is 1.72 bits per heavy atom. The van der Waals surface area contributed by atoms with E-state index in [2.05, 4.69) is 5.32 Å². The molecule has 0 spiro atoms. The van der Waals surface area contributed by atoms with Crippen LogP contribution >= 0.6 is 0 Å². The van der Waals surface area contributed by atoms with Crippen molar-refractivity contribution in [3.05, 3.63) is 122 Å². The standard InChI is InChI=1S/C37H35N3O7/c1-22-15-31(41)36-35(46-22)28(34(47-36)25-11-13-27(45-2)14-12-25)18-32(42)38-29(17-23-7-4-3-5-8-23)37(44)39-19-24-16-26(21-39)30-9-6-10-33(43)40(30)20-24/h3-15,24,26,29H,16-21H2,1-2H3,(H,38,42). The van der Waals surface area contributed by atoms with Crippen LogP contribution in [0, 0.1) is 12.8 Å². The van der Waals surface area contributed by atoms with Gasteiger partial charge in [-0.2, -0.15) is 0 Å². The highest BCUT2D eigenvalue weighted by molar-refractivity contribution is 5.93. The first-order chi connectivity index (χ1) is 22.8. The molecule has 10 nitrogen and oxygen atoms in total. The average molecular weight is 634 g/mol. The summed E-state index contributed by atoms with van der Waals surface area (Å²) >= 11 is 0. The van der Waals surface area contributed by atoms with Gasteiger partial charge in [-0.1, -0.05) is 36.4 Å². The molecule has 240 valence electrons. The number of amides is 2. The number of aryl methyl sites for hydroxylation is 1. The summed E-state index contributed by atoms with van der Waals surface area (Å²) < 4.78 is 19.1. The fourth-order valence-electron chi connectivity index (χ4n) is 7.05. The van der Waals surface area contributed by atoms with Crippen LogP contribution in [0.2, 0.25) is 0 Å². The molecule has 0 aliphatic carbocycles. The Labute approximate surface area is 270 Å². The van der Waals surface area contributed by atoms with Crippen LogP contribution in [0.3, 0.4) is 0 Å². The second-order valence-corrected chi connectivity index (χ2v) is 12.4. The van der Waals surface area contributed by atoms with E-state index >= 15 is 0 Å². The SMILES string of the molecule is COc1ccc(-c2oc3c(=O)cc(C)oc3c2CC(=O)NC(Cc2ccccc2)C(=O)N2CC3CC(C2)c2cccc(=O)n2C3)cc1. The van der Waals surface area contributed by atoms with E-state index in [-0.39, 0.29) is 46.3 Å². The molecule has 5 heterocycles. The Morgan fingerprint density at radius 3 is 2.49 bits per heavy atom. The molecule has 7 rings (SSSR count). The van der Waals surface area contributed by atoms with Gasteiger partial charge in [0.05, 0.1) is 19.1 Å². The fourth-order valence-corrected chi connectivity index (χ4v) is 7.05. The Balaban J connectivity index is 1.19. The monoisotopic (exact) mass is 633 g/mol. The number of pyridine rings is 1. The van der Waals surface area contributed by atoms with Crippen molar-refractivity contribution < 1.29 is 23.2 Å².